The summed E-state index contributed by atoms with van der Waals surface area (Å²) in [5.41, 5.74) is 2.25. The van der Waals surface area contributed by atoms with E-state index in [0.29, 0.717) is 10.8 Å². The minimum Gasteiger partial charge on any atom is -0.744 e. The van der Waals surface area contributed by atoms with Crippen molar-refractivity contribution in [3.63, 3.8) is 0 Å². The van der Waals surface area contributed by atoms with Crippen LogP contribution in [0.1, 0.15) is 115 Å². The fourth-order valence-electron chi connectivity index (χ4n) is 6.11. The zero-order valence-electron chi connectivity index (χ0n) is 28.2. The first-order valence-electron chi connectivity index (χ1n) is 17.0. The zero-order chi connectivity index (χ0) is 33.4. The first kappa shape index (κ1) is 41.7. The Kier molecular flexibility index (Phi) is 19.1. The van der Waals surface area contributed by atoms with Crippen LogP contribution in [0.4, 0.5) is 0 Å². The molecule has 4 rings (SSSR count). The Balaban J connectivity index is 0.000000320. The van der Waals surface area contributed by atoms with Crippen LogP contribution in [-0.4, -0.2) is 63.7 Å². The molecule has 0 aromatic heterocycles. The topological polar surface area (TPSA) is 114 Å². The normalized spacial score (nSPS) is 11.7. The standard InChI is InChI=1S/2C19H26O3S.Ca/c2*1-2-3-4-5-6-7-8-11-16-12-9-14-18-17(16)13-10-15-19(18)23(20,21)22;/h2*9-10,12-15H,2-8,11H2,1H3,(H,20,21,22);/q;;+2/p-2. The van der Waals surface area contributed by atoms with E-state index in [0.717, 1.165) is 47.6 Å². The molecular formula is C38H50CaO6S2. The molecule has 4 aromatic carbocycles. The molecule has 0 fully saturated rings. The molecule has 0 amide bonds. The van der Waals surface area contributed by atoms with Crippen LogP contribution in [0.2, 0.25) is 0 Å². The molecule has 0 saturated heterocycles. The molecule has 0 aliphatic heterocycles. The van der Waals surface area contributed by atoms with E-state index in [2.05, 4.69) is 13.8 Å². The van der Waals surface area contributed by atoms with E-state index in [1.54, 1.807) is 24.3 Å². The summed E-state index contributed by atoms with van der Waals surface area (Å²) in [5, 5.41) is 2.86. The van der Waals surface area contributed by atoms with Crippen LogP contribution >= 0.6 is 0 Å². The van der Waals surface area contributed by atoms with Gasteiger partial charge in [-0.1, -0.05) is 152 Å². The Morgan fingerprint density at radius 1 is 0.426 bits per heavy atom. The summed E-state index contributed by atoms with van der Waals surface area (Å²) in [6.07, 6.45) is 19.3. The SMILES string of the molecule is CCCCCCCCCc1cccc2c(S(=O)(=O)[O-])cccc12.CCCCCCCCCc1cccc2c(S(=O)(=O)[O-])cccc12.[Ca+2]. The molecule has 252 valence electrons. The molecule has 0 atom stereocenters. The molecule has 0 aliphatic carbocycles. The van der Waals surface area contributed by atoms with Crippen LogP contribution in [0.15, 0.2) is 82.6 Å². The van der Waals surface area contributed by atoms with Crippen LogP contribution < -0.4 is 0 Å². The molecular weight excluding hydrogens is 657 g/mol. The number of hydrogen-bond donors (Lipinski definition) is 0. The maximum absolute atomic E-state index is 11.4. The van der Waals surface area contributed by atoms with E-state index in [4.69, 9.17) is 0 Å². The second kappa shape index (κ2) is 21.5. The van der Waals surface area contributed by atoms with Gasteiger partial charge in [0.15, 0.2) is 0 Å². The molecule has 0 aliphatic rings. The summed E-state index contributed by atoms with van der Waals surface area (Å²) in [6, 6.07) is 21.1. The Hall–Kier alpha value is -1.52. The smallest absolute Gasteiger partial charge is 0.744 e. The number of fused-ring (bicyclic) bond motifs is 2. The Labute approximate surface area is 313 Å². The molecule has 4 aromatic rings. The van der Waals surface area contributed by atoms with Gasteiger partial charge in [-0.3, -0.25) is 0 Å². The summed E-state index contributed by atoms with van der Waals surface area (Å²) in [6.45, 7) is 4.44. The minimum absolute atomic E-state index is 0. The van der Waals surface area contributed by atoms with Crippen molar-refractivity contribution in [2.45, 2.75) is 126 Å². The number of aryl methyl sites for hydroxylation is 2. The maximum Gasteiger partial charge on any atom is 2.00 e. The van der Waals surface area contributed by atoms with Crippen LogP contribution in [0.3, 0.4) is 0 Å². The van der Waals surface area contributed by atoms with Gasteiger partial charge >= 0.3 is 37.7 Å². The van der Waals surface area contributed by atoms with Crippen molar-refractivity contribution < 1.29 is 25.9 Å². The van der Waals surface area contributed by atoms with Crippen molar-refractivity contribution in [2.24, 2.45) is 0 Å². The number of rotatable bonds is 18. The average molecular weight is 707 g/mol. The number of unbranched alkanes of at least 4 members (excludes halogenated alkanes) is 12. The van der Waals surface area contributed by atoms with Crippen LogP contribution in [0.5, 0.6) is 0 Å². The van der Waals surface area contributed by atoms with E-state index < -0.39 is 20.2 Å². The van der Waals surface area contributed by atoms with Crippen LogP contribution in [0.25, 0.3) is 21.5 Å². The molecule has 9 heteroatoms. The van der Waals surface area contributed by atoms with E-state index in [-0.39, 0.29) is 47.5 Å². The Morgan fingerprint density at radius 3 is 1.06 bits per heavy atom. The van der Waals surface area contributed by atoms with Gasteiger partial charge in [-0.2, -0.15) is 0 Å². The summed E-state index contributed by atoms with van der Waals surface area (Å²) < 4.78 is 68.3. The fourth-order valence-corrected chi connectivity index (χ4v) is 7.49. The largest absolute Gasteiger partial charge is 2.00 e. The minimum atomic E-state index is -4.43. The fraction of sp³-hybridized carbons (Fsp3) is 0.474. The van der Waals surface area contributed by atoms with E-state index >= 15 is 0 Å². The third-order valence-corrected chi connectivity index (χ3v) is 10.4. The molecule has 0 unspecified atom stereocenters. The Morgan fingerprint density at radius 2 is 0.723 bits per heavy atom. The maximum atomic E-state index is 11.4. The molecule has 47 heavy (non-hydrogen) atoms. The van der Waals surface area contributed by atoms with Gasteiger partial charge in [0.25, 0.3) is 0 Å². The summed E-state index contributed by atoms with van der Waals surface area (Å²) in [5.74, 6) is 0. The first-order valence-corrected chi connectivity index (χ1v) is 19.8. The predicted octanol–water partition coefficient (Wildman–Crippen LogP) is 9.69. The summed E-state index contributed by atoms with van der Waals surface area (Å²) in [4.78, 5) is -0.229. The monoisotopic (exact) mass is 706 g/mol. The zero-order valence-corrected chi connectivity index (χ0v) is 32.1. The van der Waals surface area contributed by atoms with Crippen molar-refractivity contribution in [1.82, 2.24) is 0 Å². The molecule has 0 radical (unpaired) electrons. The molecule has 0 saturated carbocycles. The van der Waals surface area contributed by atoms with Gasteiger partial charge in [-0.05, 0) is 70.5 Å². The van der Waals surface area contributed by atoms with Gasteiger partial charge in [0.05, 0.1) is 9.79 Å². The molecule has 0 heterocycles. The Bertz CT molecular complexity index is 1610. The van der Waals surface area contributed by atoms with E-state index in [1.165, 1.54) is 89.2 Å². The van der Waals surface area contributed by atoms with Crippen molar-refractivity contribution in [1.29, 1.82) is 0 Å². The number of hydrogen-bond acceptors (Lipinski definition) is 6. The van der Waals surface area contributed by atoms with Gasteiger partial charge in [0.1, 0.15) is 20.2 Å². The van der Waals surface area contributed by atoms with Gasteiger partial charge in [0, 0.05) is 0 Å². The molecule has 6 nitrogen and oxygen atoms in total. The average Bonchev–Trinajstić information content (AvgIpc) is 3.03. The van der Waals surface area contributed by atoms with Crippen molar-refractivity contribution in [3.8, 4) is 0 Å². The third-order valence-electron chi connectivity index (χ3n) is 8.58. The first-order chi connectivity index (χ1) is 22.1. The van der Waals surface area contributed by atoms with Crippen molar-refractivity contribution in [2.75, 3.05) is 0 Å². The second-order valence-corrected chi connectivity index (χ2v) is 14.9. The van der Waals surface area contributed by atoms with Gasteiger partial charge in [0.2, 0.25) is 0 Å². The quantitative estimate of drug-likeness (QED) is 0.0578. The second-order valence-electron chi connectivity index (χ2n) is 12.2. The molecule has 0 N–H and O–H groups in total. The summed E-state index contributed by atoms with van der Waals surface area (Å²) >= 11 is 0. The summed E-state index contributed by atoms with van der Waals surface area (Å²) in [7, 11) is -8.87. The van der Waals surface area contributed by atoms with Crippen LogP contribution in [-0.2, 0) is 33.1 Å². The molecule has 0 bridgehead atoms. The van der Waals surface area contributed by atoms with Gasteiger partial charge < -0.3 is 9.11 Å². The van der Waals surface area contributed by atoms with Crippen LogP contribution in [0, 0.1) is 0 Å². The third kappa shape index (κ3) is 13.7. The number of benzene rings is 4. The van der Waals surface area contributed by atoms with Gasteiger partial charge in [-0.25, -0.2) is 16.8 Å². The predicted molar refractivity (Wildman–Crippen MR) is 193 cm³/mol. The van der Waals surface area contributed by atoms with E-state index in [9.17, 15) is 25.9 Å². The van der Waals surface area contributed by atoms with Crippen molar-refractivity contribution >= 4 is 79.5 Å². The van der Waals surface area contributed by atoms with Gasteiger partial charge in [-0.15, -0.1) is 0 Å². The molecule has 0 spiro atoms. The van der Waals surface area contributed by atoms with E-state index in [1.807, 2.05) is 36.4 Å². The van der Waals surface area contributed by atoms with Crippen molar-refractivity contribution in [3.05, 3.63) is 83.9 Å².